The maximum atomic E-state index is 11.0. The van der Waals surface area contributed by atoms with Gasteiger partial charge in [-0.3, -0.25) is 9.48 Å². The van der Waals surface area contributed by atoms with Crippen LogP contribution in [0.25, 0.3) is 0 Å². The Labute approximate surface area is 104 Å². The van der Waals surface area contributed by atoms with Gasteiger partial charge in [-0.25, -0.2) is 4.68 Å². The maximum absolute atomic E-state index is 11.0. The number of nitrogens with zero attached hydrogens (tertiary/aromatic N) is 5. The van der Waals surface area contributed by atoms with Crippen LogP contribution in [0.2, 0.25) is 0 Å². The number of rotatable bonds is 5. The Morgan fingerprint density at radius 3 is 3.00 bits per heavy atom. The molecule has 0 aliphatic carbocycles. The lowest BCUT2D eigenvalue weighted by atomic mass is 10.4. The first kappa shape index (κ1) is 12.2. The summed E-state index contributed by atoms with van der Waals surface area (Å²) < 4.78 is 3.40. The zero-order chi connectivity index (χ0) is 13.0. The molecular formula is C10H15N7O. The molecule has 2 aromatic rings. The predicted octanol–water partition coefficient (Wildman–Crippen LogP) is -1.37. The molecule has 0 unspecified atom stereocenters. The Morgan fingerprint density at radius 1 is 1.50 bits per heavy atom. The summed E-state index contributed by atoms with van der Waals surface area (Å²) in [5, 5.41) is 14.8. The van der Waals surface area contributed by atoms with Crippen molar-refractivity contribution in [3.8, 4) is 0 Å². The third-order valence-electron chi connectivity index (χ3n) is 2.33. The molecule has 0 atom stereocenters. The SMILES string of the molecule is Cn1ccc(Cn2cc(CNC(=O)CN)nn2)n1. The van der Waals surface area contributed by atoms with E-state index >= 15 is 0 Å². The van der Waals surface area contributed by atoms with Gasteiger partial charge in [0.15, 0.2) is 0 Å². The lowest BCUT2D eigenvalue weighted by molar-refractivity contribution is -0.119. The van der Waals surface area contributed by atoms with Crippen LogP contribution in [0.3, 0.4) is 0 Å². The van der Waals surface area contributed by atoms with Gasteiger partial charge < -0.3 is 11.1 Å². The molecule has 18 heavy (non-hydrogen) atoms. The third-order valence-corrected chi connectivity index (χ3v) is 2.33. The molecule has 8 nitrogen and oxygen atoms in total. The quantitative estimate of drug-likeness (QED) is 0.680. The first-order valence-corrected chi connectivity index (χ1v) is 5.51. The van der Waals surface area contributed by atoms with Gasteiger partial charge in [-0.15, -0.1) is 5.10 Å². The molecular weight excluding hydrogens is 234 g/mol. The Bertz CT molecular complexity index is 530. The van der Waals surface area contributed by atoms with Crippen molar-refractivity contribution in [3.63, 3.8) is 0 Å². The minimum atomic E-state index is -0.214. The minimum absolute atomic E-state index is 0.0257. The summed E-state index contributed by atoms with van der Waals surface area (Å²) in [4.78, 5) is 11.0. The van der Waals surface area contributed by atoms with Crippen LogP contribution in [0.4, 0.5) is 0 Å². The molecule has 0 radical (unpaired) electrons. The van der Waals surface area contributed by atoms with Crippen molar-refractivity contribution in [3.05, 3.63) is 29.8 Å². The van der Waals surface area contributed by atoms with Crippen LogP contribution in [0.15, 0.2) is 18.5 Å². The van der Waals surface area contributed by atoms with E-state index in [9.17, 15) is 4.79 Å². The predicted molar refractivity (Wildman–Crippen MR) is 63.2 cm³/mol. The first-order chi connectivity index (χ1) is 8.67. The number of carbonyl (C=O) groups excluding carboxylic acids is 1. The maximum Gasteiger partial charge on any atom is 0.234 e. The van der Waals surface area contributed by atoms with E-state index in [-0.39, 0.29) is 12.5 Å². The molecule has 0 aromatic carbocycles. The number of amides is 1. The Hall–Kier alpha value is -2.22. The fourth-order valence-electron chi connectivity index (χ4n) is 1.47. The average Bonchev–Trinajstić information content (AvgIpc) is 2.96. The summed E-state index contributed by atoms with van der Waals surface area (Å²) in [6.07, 6.45) is 3.64. The fraction of sp³-hybridized carbons (Fsp3) is 0.400. The largest absolute Gasteiger partial charge is 0.349 e. The molecule has 0 aliphatic rings. The van der Waals surface area contributed by atoms with E-state index in [1.807, 2.05) is 19.3 Å². The normalized spacial score (nSPS) is 10.6. The van der Waals surface area contributed by atoms with Gasteiger partial charge >= 0.3 is 0 Å². The van der Waals surface area contributed by atoms with Crippen LogP contribution >= 0.6 is 0 Å². The fourth-order valence-corrected chi connectivity index (χ4v) is 1.47. The molecule has 0 spiro atoms. The van der Waals surface area contributed by atoms with Gasteiger partial charge in [0.05, 0.1) is 31.5 Å². The summed E-state index contributed by atoms with van der Waals surface area (Å²) in [6.45, 7) is 0.860. The van der Waals surface area contributed by atoms with Crippen LogP contribution in [0, 0.1) is 0 Å². The van der Waals surface area contributed by atoms with Gasteiger partial charge in [0, 0.05) is 13.2 Å². The average molecular weight is 249 g/mol. The second-order valence-corrected chi connectivity index (χ2v) is 3.87. The van der Waals surface area contributed by atoms with Gasteiger partial charge in [0.25, 0.3) is 0 Å². The lowest BCUT2D eigenvalue weighted by Gasteiger charge is -1.98. The van der Waals surface area contributed by atoms with Crippen molar-refractivity contribution in [2.24, 2.45) is 12.8 Å². The zero-order valence-electron chi connectivity index (χ0n) is 10.1. The molecule has 96 valence electrons. The molecule has 2 rings (SSSR count). The topological polar surface area (TPSA) is 104 Å². The smallest absolute Gasteiger partial charge is 0.234 e. The Balaban J connectivity index is 1.91. The van der Waals surface area contributed by atoms with Crippen molar-refractivity contribution in [1.82, 2.24) is 30.1 Å². The Morgan fingerprint density at radius 2 is 2.33 bits per heavy atom. The molecule has 0 aliphatic heterocycles. The van der Waals surface area contributed by atoms with Crippen LogP contribution < -0.4 is 11.1 Å². The van der Waals surface area contributed by atoms with E-state index in [0.717, 1.165) is 5.69 Å². The van der Waals surface area contributed by atoms with Crippen molar-refractivity contribution in [2.75, 3.05) is 6.54 Å². The van der Waals surface area contributed by atoms with Crippen molar-refractivity contribution < 1.29 is 4.79 Å². The molecule has 0 fully saturated rings. The molecule has 3 N–H and O–H groups in total. The first-order valence-electron chi connectivity index (χ1n) is 5.51. The highest BCUT2D eigenvalue weighted by molar-refractivity contribution is 5.77. The molecule has 0 saturated heterocycles. The summed E-state index contributed by atoms with van der Waals surface area (Å²) in [5.41, 5.74) is 6.77. The van der Waals surface area contributed by atoms with Gasteiger partial charge in [0.1, 0.15) is 5.69 Å². The number of nitrogens with one attached hydrogen (secondary N) is 1. The Kier molecular flexibility index (Phi) is 3.68. The van der Waals surface area contributed by atoms with Gasteiger partial charge in [-0.05, 0) is 6.07 Å². The van der Waals surface area contributed by atoms with Crippen molar-refractivity contribution >= 4 is 5.91 Å². The van der Waals surface area contributed by atoms with Gasteiger partial charge in [-0.2, -0.15) is 5.10 Å². The number of hydrogen-bond donors (Lipinski definition) is 2. The molecule has 0 bridgehead atoms. The number of hydrogen-bond acceptors (Lipinski definition) is 5. The van der Waals surface area contributed by atoms with Crippen LogP contribution in [-0.2, 0) is 24.9 Å². The highest BCUT2D eigenvalue weighted by Gasteiger charge is 2.04. The van der Waals surface area contributed by atoms with E-state index in [1.54, 1.807) is 15.6 Å². The second-order valence-electron chi connectivity index (χ2n) is 3.87. The zero-order valence-corrected chi connectivity index (χ0v) is 10.1. The van der Waals surface area contributed by atoms with E-state index in [1.165, 1.54) is 0 Å². The third kappa shape index (κ3) is 3.14. The summed E-state index contributed by atoms with van der Waals surface area (Å²) >= 11 is 0. The molecule has 8 heteroatoms. The highest BCUT2D eigenvalue weighted by atomic mass is 16.1. The minimum Gasteiger partial charge on any atom is -0.349 e. The number of aryl methyl sites for hydroxylation is 1. The van der Waals surface area contributed by atoms with Crippen LogP contribution in [0.5, 0.6) is 0 Å². The van der Waals surface area contributed by atoms with Gasteiger partial charge in [0.2, 0.25) is 5.91 Å². The standard InChI is InChI=1S/C10H15N7O/c1-16-3-2-8(14-16)6-17-7-9(13-15-17)5-12-10(18)4-11/h2-3,7H,4-6,11H2,1H3,(H,12,18). The monoisotopic (exact) mass is 249 g/mol. The van der Waals surface area contributed by atoms with Crippen LogP contribution in [0.1, 0.15) is 11.4 Å². The van der Waals surface area contributed by atoms with Crippen molar-refractivity contribution in [1.29, 1.82) is 0 Å². The highest BCUT2D eigenvalue weighted by Crippen LogP contribution is 1.99. The van der Waals surface area contributed by atoms with E-state index in [0.29, 0.717) is 18.8 Å². The second kappa shape index (κ2) is 5.41. The number of nitrogens with two attached hydrogens (primary N) is 1. The summed E-state index contributed by atoms with van der Waals surface area (Å²) in [7, 11) is 1.86. The lowest BCUT2D eigenvalue weighted by Crippen LogP contribution is -2.29. The molecule has 2 aromatic heterocycles. The summed E-state index contributed by atoms with van der Waals surface area (Å²) in [5.74, 6) is -0.214. The van der Waals surface area contributed by atoms with E-state index in [2.05, 4.69) is 20.7 Å². The number of carbonyl (C=O) groups is 1. The van der Waals surface area contributed by atoms with Crippen LogP contribution in [-0.4, -0.2) is 37.2 Å². The summed E-state index contributed by atoms with van der Waals surface area (Å²) in [6, 6.07) is 1.91. The van der Waals surface area contributed by atoms with E-state index in [4.69, 9.17) is 5.73 Å². The van der Waals surface area contributed by atoms with Crippen molar-refractivity contribution in [2.45, 2.75) is 13.1 Å². The number of aromatic nitrogens is 5. The molecule has 0 saturated carbocycles. The molecule has 2 heterocycles. The van der Waals surface area contributed by atoms with Gasteiger partial charge in [-0.1, -0.05) is 5.21 Å². The van der Waals surface area contributed by atoms with E-state index < -0.39 is 0 Å². The molecule has 1 amide bonds.